The van der Waals surface area contributed by atoms with Crippen molar-refractivity contribution < 1.29 is 9.67 Å². The number of rotatable bonds is 8. The number of aromatic nitrogens is 2. The third kappa shape index (κ3) is 4.04. The maximum atomic E-state index is 11.6. The number of halogens is 1. The Bertz CT molecular complexity index is 709. The smallest absolute Gasteiger partial charge is 0.353 e. The first-order valence-electron chi connectivity index (χ1n) is 9.25. The second kappa shape index (κ2) is 8.28. The van der Waals surface area contributed by atoms with Crippen molar-refractivity contribution >= 4 is 21.9 Å². The Morgan fingerprint density at radius 1 is 1.20 bits per heavy atom. The number of anilines is 1. The van der Waals surface area contributed by atoms with Crippen LogP contribution in [0, 0.1) is 0 Å². The van der Waals surface area contributed by atoms with E-state index >= 15 is 0 Å². The van der Waals surface area contributed by atoms with Crippen molar-refractivity contribution in [2.24, 2.45) is 0 Å². The fraction of sp³-hybridized carbons (Fsp3) is 0.500. The number of hydrogen-bond donors (Lipinski definition) is 1. The van der Waals surface area contributed by atoms with Gasteiger partial charge >= 0.3 is 5.95 Å². The average molecular weight is 405 g/mol. The van der Waals surface area contributed by atoms with E-state index < -0.39 is 5.72 Å². The van der Waals surface area contributed by atoms with Gasteiger partial charge in [0.1, 0.15) is 12.7 Å². The van der Waals surface area contributed by atoms with Gasteiger partial charge in [0, 0.05) is 16.1 Å². The second-order valence-corrected chi connectivity index (χ2v) is 7.71. The van der Waals surface area contributed by atoms with Gasteiger partial charge in [-0.2, -0.15) is 0 Å². The van der Waals surface area contributed by atoms with Gasteiger partial charge in [0.2, 0.25) is 5.72 Å². The largest absolute Gasteiger partial charge is 0.396 e. The predicted molar refractivity (Wildman–Crippen MR) is 103 cm³/mol. The topological polar surface area (TPSA) is 40.2 Å². The number of hydrogen-bond acceptors (Lipinski definition) is 3. The number of fused-ring (bicyclic) bond motifs is 1. The van der Waals surface area contributed by atoms with E-state index in [4.69, 9.17) is 0 Å². The normalized spacial score (nSPS) is 19.2. The van der Waals surface area contributed by atoms with Crippen LogP contribution in [0.4, 0.5) is 5.95 Å². The van der Waals surface area contributed by atoms with E-state index in [1.807, 2.05) is 41.1 Å². The molecule has 25 heavy (non-hydrogen) atoms. The summed E-state index contributed by atoms with van der Waals surface area (Å²) in [7, 11) is 0. The first-order valence-corrected chi connectivity index (χ1v) is 10.0. The minimum Gasteiger partial charge on any atom is -0.353 e. The van der Waals surface area contributed by atoms with Crippen LogP contribution in [0.2, 0.25) is 0 Å². The molecule has 0 amide bonds. The van der Waals surface area contributed by atoms with Crippen LogP contribution >= 0.6 is 15.9 Å². The molecule has 0 spiro atoms. The fourth-order valence-corrected chi connectivity index (χ4v) is 3.95. The minimum absolute atomic E-state index is 0.502. The van der Waals surface area contributed by atoms with Gasteiger partial charge in [-0.25, -0.2) is 9.47 Å². The van der Waals surface area contributed by atoms with Gasteiger partial charge in [-0.15, -0.1) is 0 Å². The Morgan fingerprint density at radius 3 is 2.80 bits per heavy atom. The molecule has 3 rings (SSSR count). The van der Waals surface area contributed by atoms with Crippen LogP contribution in [0.1, 0.15) is 51.0 Å². The van der Waals surface area contributed by atoms with E-state index in [0.29, 0.717) is 6.54 Å². The summed E-state index contributed by atoms with van der Waals surface area (Å²) in [5.41, 5.74) is -0.146. The van der Waals surface area contributed by atoms with Crippen molar-refractivity contribution in [2.75, 3.05) is 11.4 Å². The van der Waals surface area contributed by atoms with Crippen molar-refractivity contribution in [3.8, 4) is 0 Å². The molecule has 0 bridgehead atoms. The lowest BCUT2D eigenvalue weighted by atomic mass is 10.0. The third-order valence-corrected chi connectivity index (χ3v) is 5.39. The highest BCUT2D eigenvalue weighted by Gasteiger charge is 2.51. The number of nitrogens with zero attached hydrogens (tertiary/aromatic N) is 3. The van der Waals surface area contributed by atoms with E-state index in [1.165, 1.54) is 32.1 Å². The molecule has 134 valence electrons. The lowest BCUT2D eigenvalue weighted by Gasteiger charge is -2.28. The molecule has 1 aliphatic rings. The molecule has 0 saturated carbocycles. The molecule has 0 fully saturated rings. The monoisotopic (exact) mass is 404 g/mol. The zero-order valence-corrected chi connectivity index (χ0v) is 16.5. The quantitative estimate of drug-likeness (QED) is 0.530. The maximum Gasteiger partial charge on any atom is 0.396 e. The van der Waals surface area contributed by atoms with Gasteiger partial charge in [-0.05, 0) is 18.6 Å². The number of benzene rings is 1. The Balaban J connectivity index is 1.77. The van der Waals surface area contributed by atoms with Crippen LogP contribution in [0.15, 0.2) is 47.2 Å². The van der Waals surface area contributed by atoms with Crippen LogP contribution in [-0.4, -0.2) is 16.6 Å². The van der Waals surface area contributed by atoms with E-state index in [0.717, 1.165) is 29.0 Å². The molecule has 1 atom stereocenters. The fourth-order valence-electron chi connectivity index (χ4n) is 3.55. The van der Waals surface area contributed by atoms with E-state index in [1.54, 1.807) is 6.20 Å². The van der Waals surface area contributed by atoms with Gasteiger partial charge in [0.25, 0.3) is 0 Å². The molecule has 2 heterocycles. The molecule has 1 aromatic carbocycles. The zero-order chi connectivity index (χ0) is 17.7. The zero-order valence-electron chi connectivity index (χ0n) is 14.9. The molecule has 4 nitrogen and oxygen atoms in total. The van der Waals surface area contributed by atoms with Crippen molar-refractivity contribution in [2.45, 2.75) is 57.7 Å². The van der Waals surface area contributed by atoms with Crippen LogP contribution in [-0.2, 0) is 12.3 Å². The summed E-state index contributed by atoms with van der Waals surface area (Å²) in [6.07, 6.45) is 11.2. The molecule has 0 aliphatic carbocycles. The maximum absolute atomic E-state index is 11.6. The van der Waals surface area contributed by atoms with E-state index in [9.17, 15) is 5.11 Å². The molecule has 1 unspecified atom stereocenters. The summed E-state index contributed by atoms with van der Waals surface area (Å²) in [5, 5.41) is 11.6. The van der Waals surface area contributed by atoms with Crippen LogP contribution in [0.5, 0.6) is 0 Å². The summed E-state index contributed by atoms with van der Waals surface area (Å²) >= 11 is 3.52. The number of aliphatic hydroxyl groups is 1. The molecule has 1 aliphatic heterocycles. The summed E-state index contributed by atoms with van der Waals surface area (Å²) in [6.45, 7) is 3.55. The molecule has 5 heteroatoms. The molecule has 1 aromatic heterocycles. The van der Waals surface area contributed by atoms with Crippen molar-refractivity contribution in [3.05, 3.63) is 52.8 Å². The highest BCUT2D eigenvalue weighted by atomic mass is 79.9. The summed E-state index contributed by atoms with van der Waals surface area (Å²) in [4.78, 5) is 6.59. The summed E-state index contributed by atoms with van der Waals surface area (Å²) in [6, 6.07) is 9.87. The Kier molecular flexibility index (Phi) is 6.07. The van der Waals surface area contributed by atoms with E-state index in [-0.39, 0.29) is 0 Å². The van der Waals surface area contributed by atoms with Gasteiger partial charge in [-0.3, -0.25) is 0 Å². The minimum atomic E-state index is -1.05. The first-order chi connectivity index (χ1) is 12.1. The average Bonchev–Trinajstić information content (AvgIpc) is 2.91. The SMILES string of the molecule is CCCCCCCCN1c2nccc[n+]2CC1(O)c1cccc(Br)c1. The van der Waals surface area contributed by atoms with Crippen LogP contribution in [0.3, 0.4) is 0 Å². The third-order valence-electron chi connectivity index (χ3n) is 4.90. The van der Waals surface area contributed by atoms with E-state index in [2.05, 4.69) is 32.7 Å². The molecule has 2 aromatic rings. The lowest BCUT2D eigenvalue weighted by molar-refractivity contribution is -0.685. The number of unbranched alkanes of at least 4 members (excludes halogenated alkanes) is 5. The second-order valence-electron chi connectivity index (χ2n) is 6.79. The molecule has 0 radical (unpaired) electrons. The van der Waals surface area contributed by atoms with Gasteiger partial charge in [0.05, 0.1) is 12.7 Å². The van der Waals surface area contributed by atoms with Gasteiger partial charge < -0.3 is 5.11 Å². The highest BCUT2D eigenvalue weighted by Crippen LogP contribution is 2.35. The summed E-state index contributed by atoms with van der Waals surface area (Å²) < 4.78 is 3.02. The van der Waals surface area contributed by atoms with Gasteiger partial charge in [-0.1, -0.05) is 72.1 Å². The Labute approximate surface area is 158 Å². The Morgan fingerprint density at radius 2 is 2.00 bits per heavy atom. The van der Waals surface area contributed by atoms with Gasteiger partial charge in [0.15, 0.2) is 0 Å². The van der Waals surface area contributed by atoms with Crippen molar-refractivity contribution in [3.63, 3.8) is 0 Å². The van der Waals surface area contributed by atoms with Crippen LogP contribution in [0.25, 0.3) is 0 Å². The lowest BCUT2D eigenvalue weighted by Crippen LogP contribution is -2.46. The van der Waals surface area contributed by atoms with Crippen molar-refractivity contribution in [1.29, 1.82) is 0 Å². The first kappa shape index (κ1) is 18.3. The molecular weight excluding hydrogens is 378 g/mol. The summed E-state index contributed by atoms with van der Waals surface area (Å²) in [5.74, 6) is 0.846. The molecule has 0 saturated heterocycles. The molecule has 1 N–H and O–H groups in total. The van der Waals surface area contributed by atoms with Crippen LogP contribution < -0.4 is 9.47 Å². The highest BCUT2D eigenvalue weighted by molar-refractivity contribution is 9.10. The predicted octanol–water partition coefficient (Wildman–Crippen LogP) is 4.16. The molecular formula is C20H27BrN3O+. The van der Waals surface area contributed by atoms with Crippen molar-refractivity contribution in [1.82, 2.24) is 4.98 Å². The standard InChI is InChI=1S/C20H27BrN3O/c1-2-3-4-5-6-7-14-24-19-22-12-9-13-23(19)16-20(24,25)17-10-8-11-18(21)15-17/h8-13,15,25H,2-7,14,16H2,1H3/q+1. The Hall–Kier alpha value is -1.46.